The van der Waals surface area contributed by atoms with E-state index in [1.165, 1.54) is 11.3 Å². The van der Waals surface area contributed by atoms with Crippen LogP contribution in [0.3, 0.4) is 0 Å². The van der Waals surface area contributed by atoms with Gasteiger partial charge >= 0.3 is 5.97 Å². The van der Waals surface area contributed by atoms with Crippen LogP contribution in [0.5, 0.6) is 0 Å². The molecule has 0 aliphatic carbocycles. The van der Waals surface area contributed by atoms with E-state index >= 15 is 0 Å². The molecule has 2 N–H and O–H groups in total. The summed E-state index contributed by atoms with van der Waals surface area (Å²) in [4.78, 5) is 16.0. The van der Waals surface area contributed by atoms with Crippen molar-refractivity contribution in [2.75, 3.05) is 5.73 Å². The Kier molecular flexibility index (Phi) is 5.15. The fraction of sp³-hybridized carbons (Fsp3) is 0.500. The van der Waals surface area contributed by atoms with E-state index in [4.69, 9.17) is 10.5 Å². The van der Waals surface area contributed by atoms with E-state index in [9.17, 15) is 4.79 Å². The highest BCUT2D eigenvalue weighted by molar-refractivity contribution is 7.13. The number of allylic oxidation sites excluding steroid dienone is 1. The average Bonchev–Trinajstić information content (AvgIpc) is 2.64. The van der Waals surface area contributed by atoms with Gasteiger partial charge < -0.3 is 10.5 Å². The highest BCUT2D eigenvalue weighted by atomic mass is 32.1. The summed E-state index contributed by atoms with van der Waals surface area (Å²) in [5.41, 5.74) is 6.69. The maximum absolute atomic E-state index is 11.9. The van der Waals surface area contributed by atoms with Gasteiger partial charge in [0.1, 0.15) is 0 Å². The molecular formula is C12H18N2O2S. The molecular weight excluding hydrogens is 236 g/mol. The van der Waals surface area contributed by atoms with E-state index in [1.54, 1.807) is 5.38 Å². The van der Waals surface area contributed by atoms with E-state index in [0.717, 1.165) is 12.8 Å². The minimum Gasteiger partial charge on any atom is -0.459 e. The van der Waals surface area contributed by atoms with Gasteiger partial charge in [-0.1, -0.05) is 19.4 Å². The number of nitrogen functional groups attached to an aromatic ring is 1. The fourth-order valence-corrected chi connectivity index (χ4v) is 1.83. The number of nitrogens with zero attached hydrogens (tertiary/aromatic N) is 1. The van der Waals surface area contributed by atoms with Crippen LogP contribution in [0.4, 0.5) is 5.13 Å². The predicted octanol–water partition coefficient (Wildman–Crippen LogP) is 2.86. The third-order valence-corrected chi connectivity index (χ3v) is 2.67. The van der Waals surface area contributed by atoms with Gasteiger partial charge in [0.05, 0.1) is 17.4 Å². The maximum atomic E-state index is 11.9. The number of aromatic nitrogens is 1. The van der Waals surface area contributed by atoms with Crippen molar-refractivity contribution in [2.45, 2.75) is 39.7 Å². The number of hydrogen-bond donors (Lipinski definition) is 1. The first-order valence-electron chi connectivity index (χ1n) is 5.67. The first kappa shape index (κ1) is 13.7. The summed E-state index contributed by atoms with van der Waals surface area (Å²) in [6, 6.07) is 0. The summed E-state index contributed by atoms with van der Waals surface area (Å²) in [6.07, 6.45) is 3.51. The third kappa shape index (κ3) is 4.19. The number of hydrogen-bond acceptors (Lipinski definition) is 5. The standard InChI is InChI=1S/C12H18N2O2S/c1-4-5-6-9(11(15)16-8(2)3)10-7-17-12(13)14-10/h6-8H,4-5H2,1-3H3,(H2,13,14). The van der Waals surface area contributed by atoms with Gasteiger partial charge in [-0.15, -0.1) is 11.3 Å². The van der Waals surface area contributed by atoms with Crippen LogP contribution in [0.25, 0.3) is 5.57 Å². The van der Waals surface area contributed by atoms with Crippen LogP contribution < -0.4 is 5.73 Å². The molecule has 0 bridgehead atoms. The Bertz CT molecular complexity index is 410. The van der Waals surface area contributed by atoms with Gasteiger partial charge in [-0.3, -0.25) is 0 Å². The second kappa shape index (κ2) is 6.39. The number of carbonyl (C=O) groups excluding carboxylic acids is 1. The lowest BCUT2D eigenvalue weighted by molar-refractivity contribution is -0.140. The molecule has 1 aromatic rings. The Labute approximate surface area is 106 Å². The monoisotopic (exact) mass is 254 g/mol. The quantitative estimate of drug-likeness (QED) is 0.648. The molecule has 17 heavy (non-hydrogen) atoms. The number of anilines is 1. The molecule has 1 aromatic heterocycles. The largest absolute Gasteiger partial charge is 0.459 e. The van der Waals surface area contributed by atoms with Gasteiger partial charge in [0.15, 0.2) is 5.13 Å². The SMILES string of the molecule is CCCC=C(C(=O)OC(C)C)c1csc(N)n1. The summed E-state index contributed by atoms with van der Waals surface area (Å²) in [5.74, 6) is -0.334. The fourth-order valence-electron chi connectivity index (χ4n) is 1.27. The number of thiazole rings is 1. The molecule has 0 radical (unpaired) electrons. The topological polar surface area (TPSA) is 65.2 Å². The van der Waals surface area contributed by atoms with Crippen molar-refractivity contribution >= 4 is 28.0 Å². The summed E-state index contributed by atoms with van der Waals surface area (Å²) >= 11 is 1.32. The van der Waals surface area contributed by atoms with Gasteiger partial charge in [0, 0.05) is 5.38 Å². The van der Waals surface area contributed by atoms with Gasteiger partial charge in [-0.2, -0.15) is 0 Å². The lowest BCUT2D eigenvalue weighted by Crippen LogP contribution is -2.13. The minimum atomic E-state index is -0.334. The summed E-state index contributed by atoms with van der Waals surface area (Å²) in [5, 5.41) is 2.23. The average molecular weight is 254 g/mol. The van der Waals surface area contributed by atoms with Crippen molar-refractivity contribution in [3.8, 4) is 0 Å². The number of rotatable bonds is 5. The molecule has 1 rings (SSSR count). The van der Waals surface area contributed by atoms with Crippen LogP contribution in [-0.4, -0.2) is 17.1 Å². The molecule has 0 aliphatic heterocycles. The molecule has 0 spiro atoms. The van der Waals surface area contributed by atoms with Crippen molar-refractivity contribution in [2.24, 2.45) is 0 Å². The van der Waals surface area contributed by atoms with Gasteiger partial charge in [0.25, 0.3) is 0 Å². The second-order valence-corrected chi connectivity index (χ2v) is 4.82. The molecule has 0 unspecified atom stereocenters. The Morgan fingerprint density at radius 2 is 2.35 bits per heavy atom. The van der Waals surface area contributed by atoms with Crippen LogP contribution in [-0.2, 0) is 9.53 Å². The number of nitrogens with two attached hydrogens (primary N) is 1. The van der Waals surface area contributed by atoms with Crippen molar-refractivity contribution in [3.05, 3.63) is 17.2 Å². The van der Waals surface area contributed by atoms with Crippen molar-refractivity contribution in [3.63, 3.8) is 0 Å². The molecule has 0 saturated heterocycles. The van der Waals surface area contributed by atoms with Crippen molar-refractivity contribution < 1.29 is 9.53 Å². The van der Waals surface area contributed by atoms with Gasteiger partial charge in [-0.05, 0) is 20.3 Å². The number of unbranched alkanes of at least 4 members (excludes halogenated alkanes) is 1. The first-order valence-corrected chi connectivity index (χ1v) is 6.55. The lowest BCUT2D eigenvalue weighted by atomic mass is 10.1. The molecule has 5 heteroatoms. The Morgan fingerprint density at radius 3 is 2.82 bits per heavy atom. The van der Waals surface area contributed by atoms with Crippen LogP contribution >= 0.6 is 11.3 Å². The highest BCUT2D eigenvalue weighted by Crippen LogP contribution is 2.21. The van der Waals surface area contributed by atoms with E-state index in [-0.39, 0.29) is 12.1 Å². The van der Waals surface area contributed by atoms with Crippen molar-refractivity contribution in [1.29, 1.82) is 0 Å². The summed E-state index contributed by atoms with van der Waals surface area (Å²) in [7, 11) is 0. The zero-order valence-corrected chi connectivity index (χ0v) is 11.2. The molecule has 0 atom stereocenters. The highest BCUT2D eigenvalue weighted by Gasteiger charge is 2.17. The molecule has 0 saturated carbocycles. The van der Waals surface area contributed by atoms with Crippen LogP contribution in [0.15, 0.2) is 11.5 Å². The number of ether oxygens (including phenoxy) is 1. The lowest BCUT2D eigenvalue weighted by Gasteiger charge is -2.09. The van der Waals surface area contributed by atoms with Crippen molar-refractivity contribution in [1.82, 2.24) is 4.98 Å². The number of carbonyl (C=O) groups is 1. The zero-order valence-electron chi connectivity index (χ0n) is 10.4. The van der Waals surface area contributed by atoms with E-state index in [0.29, 0.717) is 16.4 Å². The Balaban J connectivity index is 2.92. The predicted molar refractivity (Wildman–Crippen MR) is 70.6 cm³/mol. The normalized spacial score (nSPS) is 11.9. The molecule has 0 fully saturated rings. The minimum absolute atomic E-state index is 0.136. The van der Waals surface area contributed by atoms with Gasteiger partial charge in [0.2, 0.25) is 0 Å². The molecule has 1 heterocycles. The molecule has 0 aliphatic rings. The molecule has 94 valence electrons. The first-order chi connectivity index (χ1) is 8.04. The summed E-state index contributed by atoms with van der Waals surface area (Å²) < 4.78 is 5.19. The van der Waals surface area contributed by atoms with Crippen LogP contribution in [0.2, 0.25) is 0 Å². The number of esters is 1. The van der Waals surface area contributed by atoms with Gasteiger partial charge in [-0.25, -0.2) is 9.78 Å². The van der Waals surface area contributed by atoms with E-state index in [1.807, 2.05) is 19.9 Å². The smallest absolute Gasteiger partial charge is 0.340 e. The maximum Gasteiger partial charge on any atom is 0.340 e. The van der Waals surface area contributed by atoms with E-state index in [2.05, 4.69) is 11.9 Å². The van der Waals surface area contributed by atoms with E-state index < -0.39 is 0 Å². The molecule has 0 amide bonds. The van der Waals surface area contributed by atoms with Crippen LogP contribution in [0.1, 0.15) is 39.3 Å². The summed E-state index contributed by atoms with van der Waals surface area (Å²) in [6.45, 7) is 5.70. The second-order valence-electron chi connectivity index (χ2n) is 3.93. The van der Waals surface area contributed by atoms with Crippen LogP contribution in [0, 0.1) is 0 Å². The Hall–Kier alpha value is -1.36. The molecule has 0 aromatic carbocycles. The molecule has 4 nitrogen and oxygen atoms in total. The zero-order chi connectivity index (χ0) is 12.8. The Morgan fingerprint density at radius 1 is 1.65 bits per heavy atom. The third-order valence-electron chi connectivity index (χ3n) is 2.00.